The molecule has 0 atom stereocenters. The van der Waals surface area contributed by atoms with Crippen molar-refractivity contribution in [1.82, 2.24) is 4.90 Å². The average Bonchev–Trinajstić information content (AvgIpc) is 3.39. The summed E-state index contributed by atoms with van der Waals surface area (Å²) in [4.78, 5) is 26.2. The van der Waals surface area contributed by atoms with Gasteiger partial charge in [-0.05, 0) is 46.9 Å². The molecule has 0 fully saturated rings. The van der Waals surface area contributed by atoms with E-state index >= 15 is 0 Å². The third-order valence-electron chi connectivity index (χ3n) is 6.33. The van der Waals surface area contributed by atoms with Crippen LogP contribution in [0.3, 0.4) is 0 Å². The molecule has 4 rings (SSSR count). The van der Waals surface area contributed by atoms with Crippen LogP contribution in [0.2, 0.25) is 0 Å². The van der Waals surface area contributed by atoms with Crippen molar-refractivity contribution in [3.8, 4) is 11.1 Å². The van der Waals surface area contributed by atoms with Gasteiger partial charge < -0.3 is 10.0 Å². The Morgan fingerprint density at radius 1 is 0.875 bits per heavy atom. The van der Waals surface area contributed by atoms with Gasteiger partial charge in [0.1, 0.15) is 0 Å². The fourth-order valence-corrected chi connectivity index (χ4v) is 5.77. The maximum Gasteiger partial charge on any atom is 0.322 e. The van der Waals surface area contributed by atoms with Crippen molar-refractivity contribution < 1.29 is 23.1 Å². The van der Waals surface area contributed by atoms with E-state index in [1.807, 2.05) is 47.8 Å². The zero-order chi connectivity index (χ0) is 28.5. The minimum atomic E-state index is -3.36. The number of amides is 2. The van der Waals surface area contributed by atoms with E-state index in [0.717, 1.165) is 28.5 Å². The molecule has 0 saturated heterocycles. The summed E-state index contributed by atoms with van der Waals surface area (Å²) in [5.41, 5.74) is 4.47. The molecule has 0 aliphatic heterocycles. The Bertz CT molecular complexity index is 1480. The number of nitrogens with zero attached hydrogens (tertiary/aromatic N) is 1. The summed E-state index contributed by atoms with van der Waals surface area (Å²) in [7, 11) is -3.36. The monoisotopic (exact) mass is 577 g/mol. The first-order valence-electron chi connectivity index (χ1n) is 12.7. The van der Waals surface area contributed by atoms with Gasteiger partial charge in [-0.25, -0.2) is 13.2 Å². The van der Waals surface area contributed by atoms with Crippen molar-refractivity contribution in [3.05, 3.63) is 108 Å². The Labute approximate surface area is 238 Å². The third-order valence-corrected chi connectivity index (χ3v) is 7.78. The van der Waals surface area contributed by atoms with Gasteiger partial charge >= 0.3 is 12.0 Å². The van der Waals surface area contributed by atoms with Crippen LogP contribution in [0, 0.1) is 0 Å². The first kappa shape index (κ1) is 28.8. The van der Waals surface area contributed by atoms with E-state index in [-0.39, 0.29) is 24.9 Å². The van der Waals surface area contributed by atoms with Crippen LogP contribution < -0.4 is 10.0 Å². The van der Waals surface area contributed by atoms with Gasteiger partial charge in [-0.3, -0.25) is 14.8 Å². The molecular formula is C30H31N3O5S2. The van der Waals surface area contributed by atoms with E-state index in [9.17, 15) is 23.1 Å². The first-order chi connectivity index (χ1) is 19.2. The van der Waals surface area contributed by atoms with Crippen LogP contribution in [0.4, 0.5) is 15.5 Å². The number of benzene rings is 3. The molecule has 1 heterocycles. The number of aliphatic carboxylic acids is 1. The van der Waals surface area contributed by atoms with Gasteiger partial charge in [0.25, 0.3) is 0 Å². The number of carbonyl (C=O) groups is 2. The predicted molar refractivity (Wildman–Crippen MR) is 160 cm³/mol. The molecule has 0 aliphatic rings. The SMILES string of the molecule is CS(=O)(=O)Nc1ccc(-c2csc(NC(=O)N(CCC(=O)O)CCC(c3ccccc3)c3ccccc3)c2)cc1. The van der Waals surface area contributed by atoms with E-state index in [4.69, 9.17) is 0 Å². The van der Waals surface area contributed by atoms with Gasteiger partial charge in [-0.15, -0.1) is 11.3 Å². The second-order valence-electron chi connectivity index (χ2n) is 9.37. The topological polar surface area (TPSA) is 116 Å². The number of sulfonamides is 1. The summed E-state index contributed by atoms with van der Waals surface area (Å²) in [6.45, 7) is 0.463. The predicted octanol–water partition coefficient (Wildman–Crippen LogP) is 6.32. The van der Waals surface area contributed by atoms with Crippen LogP contribution in [0.5, 0.6) is 0 Å². The number of anilines is 2. The fraction of sp³-hybridized carbons (Fsp3) is 0.200. The molecular weight excluding hydrogens is 546 g/mol. The highest BCUT2D eigenvalue weighted by molar-refractivity contribution is 7.92. The quantitative estimate of drug-likeness (QED) is 0.182. The number of nitrogens with one attached hydrogen (secondary N) is 2. The summed E-state index contributed by atoms with van der Waals surface area (Å²) in [5.74, 6) is -0.913. The van der Waals surface area contributed by atoms with E-state index in [1.165, 1.54) is 11.3 Å². The zero-order valence-electron chi connectivity index (χ0n) is 22.0. The largest absolute Gasteiger partial charge is 0.481 e. The van der Waals surface area contributed by atoms with Gasteiger partial charge in [0.15, 0.2) is 0 Å². The minimum Gasteiger partial charge on any atom is -0.481 e. The second kappa shape index (κ2) is 13.3. The van der Waals surface area contributed by atoms with Crippen molar-refractivity contribution in [2.45, 2.75) is 18.8 Å². The highest BCUT2D eigenvalue weighted by atomic mass is 32.2. The van der Waals surface area contributed by atoms with Crippen LogP contribution in [0.1, 0.15) is 29.9 Å². The molecule has 40 heavy (non-hydrogen) atoms. The summed E-state index contributed by atoms with van der Waals surface area (Å²) < 4.78 is 25.3. The van der Waals surface area contributed by atoms with Crippen molar-refractivity contribution >= 4 is 44.0 Å². The number of carbonyl (C=O) groups excluding carboxylic acids is 1. The molecule has 1 aromatic heterocycles. The molecule has 2 amide bonds. The van der Waals surface area contributed by atoms with Crippen molar-refractivity contribution in [3.63, 3.8) is 0 Å². The standard InChI is InChI=1S/C30H31N3O5S2/c1-40(37,38)32-26-14-12-22(13-15-26)25-20-28(39-21-25)31-30(36)33(19-17-29(34)35)18-16-27(23-8-4-2-5-9-23)24-10-6-3-7-11-24/h2-15,20-21,27,32H,16-19H2,1H3,(H,31,36)(H,34,35). The zero-order valence-corrected chi connectivity index (χ0v) is 23.6. The second-order valence-corrected chi connectivity index (χ2v) is 12.0. The van der Waals surface area contributed by atoms with E-state index in [0.29, 0.717) is 23.7 Å². The molecule has 0 bridgehead atoms. The molecule has 0 spiro atoms. The Morgan fingerprint density at radius 2 is 1.48 bits per heavy atom. The Balaban J connectivity index is 1.46. The number of urea groups is 1. The van der Waals surface area contributed by atoms with Gasteiger partial charge in [-0.1, -0.05) is 72.8 Å². The number of rotatable bonds is 12. The Kier molecular flexibility index (Phi) is 9.57. The smallest absolute Gasteiger partial charge is 0.322 e. The molecule has 0 aliphatic carbocycles. The molecule has 3 aromatic carbocycles. The molecule has 208 valence electrons. The van der Waals surface area contributed by atoms with Crippen LogP contribution in [0.25, 0.3) is 11.1 Å². The molecule has 4 aromatic rings. The minimum absolute atomic E-state index is 0.0519. The Hall–Kier alpha value is -4.15. The van der Waals surface area contributed by atoms with E-state index in [2.05, 4.69) is 34.3 Å². The van der Waals surface area contributed by atoms with Crippen LogP contribution in [-0.2, 0) is 14.8 Å². The van der Waals surface area contributed by atoms with Gasteiger partial charge in [0.05, 0.1) is 17.7 Å². The number of hydrogen-bond acceptors (Lipinski definition) is 5. The molecule has 0 radical (unpaired) electrons. The lowest BCUT2D eigenvalue weighted by atomic mass is 9.88. The maximum atomic E-state index is 13.3. The summed E-state index contributed by atoms with van der Waals surface area (Å²) in [6.07, 6.45) is 1.57. The van der Waals surface area contributed by atoms with Crippen LogP contribution in [-0.4, -0.2) is 49.8 Å². The highest BCUT2D eigenvalue weighted by Crippen LogP contribution is 2.31. The number of thiophene rings is 1. The number of carboxylic acid groups (broad SMARTS) is 1. The first-order valence-corrected chi connectivity index (χ1v) is 15.5. The normalized spacial score (nSPS) is 11.2. The number of hydrogen-bond donors (Lipinski definition) is 3. The van der Waals surface area contributed by atoms with E-state index in [1.54, 1.807) is 29.2 Å². The number of carboxylic acids is 1. The summed E-state index contributed by atoms with van der Waals surface area (Å²) in [5, 5.41) is 14.7. The Morgan fingerprint density at radius 3 is 2.02 bits per heavy atom. The van der Waals surface area contributed by atoms with Crippen molar-refractivity contribution in [1.29, 1.82) is 0 Å². The molecule has 8 nitrogen and oxygen atoms in total. The third kappa shape index (κ3) is 8.42. The van der Waals surface area contributed by atoms with E-state index < -0.39 is 16.0 Å². The summed E-state index contributed by atoms with van der Waals surface area (Å²) in [6, 6.07) is 28.6. The van der Waals surface area contributed by atoms with Crippen molar-refractivity contribution in [2.24, 2.45) is 0 Å². The lowest BCUT2D eigenvalue weighted by Gasteiger charge is -2.25. The molecule has 3 N–H and O–H groups in total. The highest BCUT2D eigenvalue weighted by Gasteiger charge is 2.20. The molecule has 10 heteroatoms. The van der Waals surface area contributed by atoms with Crippen molar-refractivity contribution in [2.75, 3.05) is 29.4 Å². The van der Waals surface area contributed by atoms with Crippen LogP contribution >= 0.6 is 11.3 Å². The molecule has 0 saturated carbocycles. The fourth-order valence-electron chi connectivity index (χ4n) is 4.41. The lowest BCUT2D eigenvalue weighted by molar-refractivity contribution is -0.137. The van der Waals surface area contributed by atoms with Gasteiger partial charge in [-0.2, -0.15) is 0 Å². The maximum absolute atomic E-state index is 13.3. The summed E-state index contributed by atoms with van der Waals surface area (Å²) >= 11 is 1.36. The van der Waals surface area contributed by atoms with Gasteiger partial charge in [0, 0.05) is 30.1 Å². The van der Waals surface area contributed by atoms with Crippen LogP contribution in [0.15, 0.2) is 96.4 Å². The van der Waals surface area contributed by atoms with Gasteiger partial charge in [0.2, 0.25) is 10.0 Å². The average molecular weight is 578 g/mol. The lowest BCUT2D eigenvalue weighted by Crippen LogP contribution is -2.37. The molecule has 0 unspecified atom stereocenters.